The molecule has 7 nitrogen and oxygen atoms in total. The molecule has 128 valence electrons. The molecule has 24 heavy (non-hydrogen) atoms. The molecule has 0 heterocycles. The standard InChI is InChI=1S/C17H21N3O4/c1-6-14(21)18-11-8-9-12(19-15(22)7-2)13(10-11)20-16(23)24-17(3,4)5/h6-10H,1-2H2,3-5H3,(H,18,21)(H,19,22)(H,20,23). The molecule has 1 aromatic rings. The lowest BCUT2D eigenvalue weighted by atomic mass is 10.2. The van der Waals surface area contributed by atoms with Gasteiger partial charge in [-0.05, 0) is 51.1 Å². The van der Waals surface area contributed by atoms with Crippen LogP contribution in [0.3, 0.4) is 0 Å². The van der Waals surface area contributed by atoms with Crippen molar-refractivity contribution in [1.29, 1.82) is 0 Å². The number of nitrogens with one attached hydrogen (secondary N) is 3. The minimum atomic E-state index is -0.691. The van der Waals surface area contributed by atoms with Gasteiger partial charge in [-0.1, -0.05) is 13.2 Å². The lowest BCUT2D eigenvalue weighted by Crippen LogP contribution is -2.27. The smallest absolute Gasteiger partial charge is 0.412 e. The Balaban J connectivity index is 3.08. The largest absolute Gasteiger partial charge is 0.444 e. The van der Waals surface area contributed by atoms with Crippen molar-refractivity contribution in [3.63, 3.8) is 0 Å². The molecule has 0 radical (unpaired) electrons. The Bertz CT molecular complexity index is 675. The molecule has 0 bridgehead atoms. The number of rotatable bonds is 5. The van der Waals surface area contributed by atoms with E-state index in [4.69, 9.17) is 4.74 Å². The first-order valence-electron chi connectivity index (χ1n) is 7.15. The molecule has 1 rings (SSSR count). The van der Waals surface area contributed by atoms with Gasteiger partial charge < -0.3 is 15.4 Å². The highest BCUT2D eigenvalue weighted by molar-refractivity contribution is 6.04. The van der Waals surface area contributed by atoms with Gasteiger partial charge in [-0.15, -0.1) is 0 Å². The third kappa shape index (κ3) is 6.35. The molecule has 0 aromatic heterocycles. The summed E-state index contributed by atoms with van der Waals surface area (Å²) in [5, 5.41) is 7.67. The predicted molar refractivity (Wildman–Crippen MR) is 94.0 cm³/mol. The number of carbonyl (C=O) groups is 3. The topological polar surface area (TPSA) is 96.5 Å². The van der Waals surface area contributed by atoms with Gasteiger partial charge in [0.05, 0.1) is 11.4 Å². The predicted octanol–water partition coefficient (Wildman–Crippen LogP) is 3.28. The fourth-order valence-electron chi connectivity index (χ4n) is 1.63. The number of benzene rings is 1. The van der Waals surface area contributed by atoms with Gasteiger partial charge in [0.2, 0.25) is 11.8 Å². The number of hydrogen-bond donors (Lipinski definition) is 3. The molecule has 0 aliphatic rings. The van der Waals surface area contributed by atoms with E-state index in [1.165, 1.54) is 12.1 Å². The monoisotopic (exact) mass is 331 g/mol. The molecule has 0 fully saturated rings. The van der Waals surface area contributed by atoms with E-state index >= 15 is 0 Å². The maximum Gasteiger partial charge on any atom is 0.412 e. The Morgan fingerprint density at radius 1 is 0.958 bits per heavy atom. The summed E-state index contributed by atoms with van der Waals surface area (Å²) in [6, 6.07) is 4.59. The molecule has 0 spiro atoms. The number of anilines is 3. The summed E-state index contributed by atoms with van der Waals surface area (Å²) in [6.45, 7) is 11.9. The molecule has 7 heteroatoms. The first-order valence-corrected chi connectivity index (χ1v) is 7.15. The van der Waals surface area contributed by atoms with Gasteiger partial charge in [0.15, 0.2) is 0 Å². The van der Waals surface area contributed by atoms with Gasteiger partial charge in [0, 0.05) is 5.69 Å². The second-order valence-electron chi connectivity index (χ2n) is 5.77. The highest BCUT2D eigenvalue weighted by atomic mass is 16.6. The molecule has 0 aliphatic heterocycles. The molecule has 0 atom stereocenters. The zero-order valence-electron chi connectivity index (χ0n) is 13.9. The fourth-order valence-corrected chi connectivity index (χ4v) is 1.63. The fraction of sp³-hybridized carbons (Fsp3) is 0.235. The first kappa shape index (κ1) is 19.0. The van der Waals surface area contributed by atoms with Crippen LogP contribution in [-0.2, 0) is 14.3 Å². The Kier molecular flexibility index (Phi) is 6.29. The van der Waals surface area contributed by atoms with Crippen LogP contribution in [0.15, 0.2) is 43.5 Å². The van der Waals surface area contributed by atoms with E-state index in [9.17, 15) is 14.4 Å². The quantitative estimate of drug-likeness (QED) is 0.721. The summed E-state index contributed by atoms with van der Waals surface area (Å²) >= 11 is 0. The van der Waals surface area contributed by atoms with Crippen LogP contribution in [0.5, 0.6) is 0 Å². The lowest BCUT2D eigenvalue weighted by molar-refractivity contribution is -0.112. The summed E-state index contributed by atoms with van der Waals surface area (Å²) in [6.07, 6.45) is 1.53. The number of ether oxygens (including phenoxy) is 1. The zero-order chi connectivity index (χ0) is 18.3. The third-order valence-corrected chi connectivity index (χ3v) is 2.55. The average molecular weight is 331 g/mol. The highest BCUT2D eigenvalue weighted by Gasteiger charge is 2.18. The van der Waals surface area contributed by atoms with Gasteiger partial charge in [0.1, 0.15) is 5.60 Å². The van der Waals surface area contributed by atoms with Crippen molar-refractivity contribution in [1.82, 2.24) is 0 Å². The summed E-state index contributed by atoms with van der Waals surface area (Å²) in [7, 11) is 0. The van der Waals surface area contributed by atoms with Gasteiger partial charge in [-0.3, -0.25) is 14.9 Å². The molecule has 0 saturated heterocycles. The van der Waals surface area contributed by atoms with Crippen molar-refractivity contribution in [3.8, 4) is 0 Å². The molecule has 3 amide bonds. The van der Waals surface area contributed by atoms with Crippen LogP contribution in [0, 0.1) is 0 Å². The average Bonchev–Trinajstić information content (AvgIpc) is 2.47. The Morgan fingerprint density at radius 2 is 1.54 bits per heavy atom. The van der Waals surface area contributed by atoms with Crippen molar-refractivity contribution in [2.45, 2.75) is 26.4 Å². The van der Waals surface area contributed by atoms with E-state index < -0.39 is 23.5 Å². The minimum absolute atomic E-state index is 0.265. The molecule has 0 unspecified atom stereocenters. The third-order valence-electron chi connectivity index (χ3n) is 2.55. The first-order chi connectivity index (χ1) is 11.1. The van der Waals surface area contributed by atoms with Gasteiger partial charge in [0.25, 0.3) is 0 Å². The minimum Gasteiger partial charge on any atom is -0.444 e. The summed E-state index contributed by atoms with van der Waals surface area (Å²) in [5.41, 5.74) is 0.342. The maximum atomic E-state index is 12.0. The van der Waals surface area contributed by atoms with Crippen LogP contribution in [-0.4, -0.2) is 23.5 Å². The zero-order valence-corrected chi connectivity index (χ0v) is 13.9. The van der Waals surface area contributed by atoms with E-state index in [2.05, 4.69) is 29.1 Å². The van der Waals surface area contributed by atoms with Crippen molar-refractivity contribution < 1.29 is 19.1 Å². The second-order valence-corrected chi connectivity index (χ2v) is 5.77. The molecular weight excluding hydrogens is 310 g/mol. The van der Waals surface area contributed by atoms with E-state index in [1.807, 2.05) is 0 Å². The van der Waals surface area contributed by atoms with Crippen molar-refractivity contribution in [2.75, 3.05) is 16.0 Å². The SMILES string of the molecule is C=CC(=O)Nc1ccc(NC(=O)C=C)c(NC(=O)OC(C)(C)C)c1. The molecule has 0 aliphatic carbocycles. The Morgan fingerprint density at radius 3 is 2.08 bits per heavy atom. The van der Waals surface area contributed by atoms with Crippen LogP contribution in [0.2, 0.25) is 0 Å². The summed E-state index contributed by atoms with van der Waals surface area (Å²) in [5.74, 6) is -0.841. The Hall–Kier alpha value is -3.09. The number of hydrogen-bond acceptors (Lipinski definition) is 4. The van der Waals surface area contributed by atoms with Crippen LogP contribution < -0.4 is 16.0 Å². The molecular formula is C17H21N3O4. The van der Waals surface area contributed by atoms with Gasteiger partial charge in [-0.2, -0.15) is 0 Å². The summed E-state index contributed by atoms with van der Waals surface area (Å²) in [4.78, 5) is 34.8. The Labute approximate surface area is 140 Å². The van der Waals surface area contributed by atoms with Crippen molar-refractivity contribution >= 4 is 35.0 Å². The highest BCUT2D eigenvalue weighted by Crippen LogP contribution is 2.27. The van der Waals surface area contributed by atoms with E-state index in [1.54, 1.807) is 26.8 Å². The number of carbonyl (C=O) groups excluding carboxylic acids is 3. The van der Waals surface area contributed by atoms with Crippen LogP contribution in [0.25, 0.3) is 0 Å². The van der Waals surface area contributed by atoms with Crippen LogP contribution >= 0.6 is 0 Å². The molecule has 3 N–H and O–H groups in total. The van der Waals surface area contributed by atoms with E-state index in [-0.39, 0.29) is 5.69 Å². The molecule has 1 aromatic carbocycles. The normalized spacial score (nSPS) is 10.3. The molecule has 0 saturated carbocycles. The van der Waals surface area contributed by atoms with E-state index in [0.717, 1.165) is 12.2 Å². The van der Waals surface area contributed by atoms with Crippen LogP contribution in [0.4, 0.5) is 21.9 Å². The van der Waals surface area contributed by atoms with Gasteiger partial charge in [-0.25, -0.2) is 4.79 Å². The van der Waals surface area contributed by atoms with Crippen LogP contribution in [0.1, 0.15) is 20.8 Å². The second kappa shape index (κ2) is 7.96. The number of amides is 3. The lowest BCUT2D eigenvalue weighted by Gasteiger charge is -2.21. The van der Waals surface area contributed by atoms with E-state index in [0.29, 0.717) is 11.4 Å². The maximum absolute atomic E-state index is 12.0. The van der Waals surface area contributed by atoms with Gasteiger partial charge >= 0.3 is 6.09 Å². The van der Waals surface area contributed by atoms with Crippen molar-refractivity contribution in [2.24, 2.45) is 0 Å². The van der Waals surface area contributed by atoms with Crippen molar-refractivity contribution in [3.05, 3.63) is 43.5 Å². The summed E-state index contributed by atoms with van der Waals surface area (Å²) < 4.78 is 5.18.